The summed E-state index contributed by atoms with van der Waals surface area (Å²) in [5.41, 5.74) is 2.05. The maximum atomic E-state index is 13.7. The lowest BCUT2D eigenvalue weighted by atomic mass is 9.97. The molecule has 0 N–H and O–H groups in total. The summed E-state index contributed by atoms with van der Waals surface area (Å²) in [5.74, 6) is 0.946. The lowest BCUT2D eigenvalue weighted by Crippen LogP contribution is -2.38. The van der Waals surface area contributed by atoms with Gasteiger partial charge in [0.25, 0.3) is 11.8 Å². The number of amides is 2. The molecular weight excluding hydrogens is 380 g/mol. The van der Waals surface area contributed by atoms with E-state index in [2.05, 4.69) is 11.8 Å². The maximum absolute atomic E-state index is 13.7. The van der Waals surface area contributed by atoms with Gasteiger partial charge in [-0.25, -0.2) is 4.90 Å². The van der Waals surface area contributed by atoms with Gasteiger partial charge >= 0.3 is 0 Å². The van der Waals surface area contributed by atoms with Crippen molar-refractivity contribution in [2.24, 2.45) is 5.92 Å². The highest BCUT2D eigenvalue weighted by molar-refractivity contribution is 6.45. The smallest absolute Gasteiger partial charge is 0.282 e. The van der Waals surface area contributed by atoms with Crippen LogP contribution in [-0.2, 0) is 9.59 Å². The van der Waals surface area contributed by atoms with Gasteiger partial charge in [0.1, 0.15) is 17.2 Å². The molecule has 1 saturated heterocycles. The van der Waals surface area contributed by atoms with E-state index in [-0.39, 0.29) is 11.8 Å². The number of hydrogen-bond acceptors (Lipinski definition) is 5. The molecule has 0 unspecified atom stereocenters. The number of imide groups is 1. The van der Waals surface area contributed by atoms with Crippen molar-refractivity contribution in [2.45, 2.75) is 19.8 Å². The normalized spacial score (nSPS) is 17.7. The van der Waals surface area contributed by atoms with Gasteiger partial charge in [0.15, 0.2) is 0 Å². The monoisotopic (exact) mass is 406 g/mol. The van der Waals surface area contributed by atoms with E-state index in [1.165, 1.54) is 12.0 Å². The van der Waals surface area contributed by atoms with E-state index in [1.54, 1.807) is 25.3 Å². The van der Waals surface area contributed by atoms with Crippen molar-refractivity contribution >= 4 is 23.1 Å². The first-order valence-corrected chi connectivity index (χ1v) is 10.2. The topological polar surface area (TPSA) is 59.1 Å². The van der Waals surface area contributed by atoms with Crippen molar-refractivity contribution in [1.29, 1.82) is 0 Å². The lowest BCUT2D eigenvalue weighted by molar-refractivity contribution is -0.120. The first-order valence-electron chi connectivity index (χ1n) is 10.2. The second-order valence-corrected chi connectivity index (χ2v) is 7.74. The number of ether oxygens (including phenoxy) is 2. The standard InChI is InChI=1S/C24H26N2O4/c1-16-11-13-25(14-12-16)22-21(17-7-5-4-6-8-17)23(27)26(24(22)28)19-15-18(29-2)9-10-20(19)30-3/h4-10,15-16H,11-14H2,1-3H3. The Morgan fingerprint density at radius 3 is 2.23 bits per heavy atom. The molecule has 6 nitrogen and oxygen atoms in total. The number of carbonyl (C=O) groups excluding carboxylic acids is 2. The van der Waals surface area contributed by atoms with E-state index < -0.39 is 0 Å². The van der Waals surface area contributed by atoms with E-state index in [0.29, 0.717) is 34.4 Å². The summed E-state index contributed by atoms with van der Waals surface area (Å²) in [6, 6.07) is 14.5. The van der Waals surface area contributed by atoms with Crippen LogP contribution >= 0.6 is 0 Å². The Morgan fingerprint density at radius 2 is 1.60 bits per heavy atom. The highest BCUT2D eigenvalue weighted by Crippen LogP contribution is 2.40. The summed E-state index contributed by atoms with van der Waals surface area (Å²) in [6.07, 6.45) is 1.99. The third kappa shape index (κ3) is 3.43. The van der Waals surface area contributed by atoms with Crippen molar-refractivity contribution in [2.75, 3.05) is 32.2 Å². The molecule has 0 bridgehead atoms. The third-order valence-electron chi connectivity index (χ3n) is 5.85. The summed E-state index contributed by atoms with van der Waals surface area (Å²) in [7, 11) is 3.07. The molecule has 30 heavy (non-hydrogen) atoms. The van der Waals surface area contributed by atoms with Gasteiger partial charge in [-0.3, -0.25) is 9.59 Å². The lowest BCUT2D eigenvalue weighted by Gasteiger charge is -2.32. The average molecular weight is 406 g/mol. The summed E-state index contributed by atoms with van der Waals surface area (Å²) in [6.45, 7) is 3.74. The summed E-state index contributed by atoms with van der Waals surface area (Å²) in [5, 5.41) is 0. The molecule has 2 aliphatic rings. The van der Waals surface area contributed by atoms with Gasteiger partial charge in [-0.2, -0.15) is 0 Å². The van der Waals surface area contributed by atoms with Gasteiger partial charge in [-0.05, 0) is 36.5 Å². The highest BCUT2D eigenvalue weighted by atomic mass is 16.5. The Hall–Kier alpha value is -3.28. The Kier molecular flexibility index (Phi) is 5.48. The second-order valence-electron chi connectivity index (χ2n) is 7.74. The number of methoxy groups -OCH3 is 2. The fraction of sp³-hybridized carbons (Fsp3) is 0.333. The molecule has 4 rings (SSSR count). The first-order chi connectivity index (χ1) is 14.5. The van der Waals surface area contributed by atoms with Gasteiger partial charge in [0.05, 0.1) is 25.5 Å². The number of likely N-dealkylation sites (tertiary alicyclic amines) is 1. The Balaban J connectivity index is 1.83. The number of piperidine rings is 1. The fourth-order valence-corrected chi connectivity index (χ4v) is 4.10. The molecule has 0 saturated carbocycles. The largest absolute Gasteiger partial charge is 0.497 e. The van der Waals surface area contributed by atoms with Crippen LogP contribution < -0.4 is 14.4 Å². The van der Waals surface area contributed by atoms with E-state index in [4.69, 9.17) is 9.47 Å². The number of nitrogens with zero attached hydrogens (tertiary/aromatic N) is 2. The van der Waals surface area contributed by atoms with Crippen molar-refractivity contribution in [3.63, 3.8) is 0 Å². The Labute approximate surface area is 176 Å². The average Bonchev–Trinajstić information content (AvgIpc) is 3.04. The molecule has 6 heteroatoms. The minimum absolute atomic E-state index is 0.319. The third-order valence-corrected chi connectivity index (χ3v) is 5.85. The molecule has 156 valence electrons. The minimum atomic E-state index is -0.341. The van der Waals surface area contributed by atoms with Crippen molar-refractivity contribution in [3.05, 3.63) is 59.8 Å². The molecule has 0 aromatic heterocycles. The van der Waals surface area contributed by atoms with Crippen molar-refractivity contribution in [1.82, 2.24) is 4.90 Å². The molecule has 2 aromatic rings. The summed E-state index contributed by atoms with van der Waals surface area (Å²) < 4.78 is 10.8. The summed E-state index contributed by atoms with van der Waals surface area (Å²) in [4.78, 5) is 30.6. The van der Waals surface area contributed by atoms with Crippen LogP contribution in [0.2, 0.25) is 0 Å². The van der Waals surface area contributed by atoms with Gasteiger partial charge in [-0.15, -0.1) is 0 Å². The van der Waals surface area contributed by atoms with Crippen LogP contribution in [0.15, 0.2) is 54.2 Å². The van der Waals surface area contributed by atoms with Crippen LogP contribution in [0.3, 0.4) is 0 Å². The first kappa shape index (κ1) is 20.0. The zero-order chi connectivity index (χ0) is 21.3. The van der Waals surface area contributed by atoms with Crippen LogP contribution in [0.1, 0.15) is 25.3 Å². The predicted octanol–water partition coefficient (Wildman–Crippen LogP) is 3.72. The van der Waals surface area contributed by atoms with Gasteiger partial charge in [0, 0.05) is 19.2 Å². The number of benzene rings is 2. The molecule has 0 radical (unpaired) electrons. The van der Waals surface area contributed by atoms with E-state index >= 15 is 0 Å². The van der Waals surface area contributed by atoms with Crippen LogP contribution in [0.5, 0.6) is 11.5 Å². The zero-order valence-corrected chi connectivity index (χ0v) is 17.6. The molecule has 1 fully saturated rings. The zero-order valence-electron chi connectivity index (χ0n) is 17.6. The summed E-state index contributed by atoms with van der Waals surface area (Å²) >= 11 is 0. The fourth-order valence-electron chi connectivity index (χ4n) is 4.10. The van der Waals surface area contributed by atoms with Crippen molar-refractivity contribution < 1.29 is 19.1 Å². The maximum Gasteiger partial charge on any atom is 0.282 e. The molecule has 0 atom stereocenters. The molecule has 0 spiro atoms. The number of hydrogen-bond donors (Lipinski definition) is 0. The van der Waals surface area contributed by atoms with Crippen LogP contribution in [0, 0.1) is 5.92 Å². The SMILES string of the molecule is COc1ccc(OC)c(N2C(=O)C(c3ccccc3)=C(N3CCC(C)CC3)C2=O)c1. The highest BCUT2D eigenvalue weighted by Gasteiger charge is 2.44. The molecular formula is C24H26N2O4. The van der Waals surface area contributed by atoms with Crippen molar-refractivity contribution in [3.8, 4) is 11.5 Å². The minimum Gasteiger partial charge on any atom is -0.497 e. The molecule has 2 heterocycles. The quantitative estimate of drug-likeness (QED) is 0.709. The molecule has 0 aliphatic carbocycles. The van der Waals surface area contributed by atoms with Crippen LogP contribution in [0.25, 0.3) is 5.57 Å². The predicted molar refractivity (Wildman–Crippen MR) is 115 cm³/mol. The van der Waals surface area contributed by atoms with E-state index in [9.17, 15) is 9.59 Å². The molecule has 2 aromatic carbocycles. The number of anilines is 1. The van der Waals surface area contributed by atoms with Gasteiger partial charge in [-0.1, -0.05) is 37.3 Å². The molecule has 2 aliphatic heterocycles. The van der Waals surface area contributed by atoms with E-state index in [1.807, 2.05) is 30.3 Å². The Morgan fingerprint density at radius 1 is 0.900 bits per heavy atom. The van der Waals surface area contributed by atoms with Gasteiger partial charge < -0.3 is 14.4 Å². The number of rotatable bonds is 5. The van der Waals surface area contributed by atoms with Gasteiger partial charge in [0.2, 0.25) is 0 Å². The molecule has 2 amide bonds. The van der Waals surface area contributed by atoms with Crippen LogP contribution in [0.4, 0.5) is 5.69 Å². The Bertz CT molecular complexity index is 992. The number of carbonyl (C=O) groups is 2. The van der Waals surface area contributed by atoms with E-state index in [0.717, 1.165) is 31.5 Å². The van der Waals surface area contributed by atoms with Crippen LogP contribution in [-0.4, -0.2) is 44.0 Å². The second kappa shape index (κ2) is 8.22.